The Bertz CT molecular complexity index is 508. The minimum atomic E-state index is 0.356. The zero-order valence-corrected chi connectivity index (χ0v) is 11.6. The van der Waals surface area contributed by atoms with Crippen molar-refractivity contribution in [1.82, 2.24) is 9.97 Å². The topological polar surface area (TPSA) is 63.0 Å². The Morgan fingerprint density at radius 2 is 2.05 bits per heavy atom. The van der Waals surface area contributed by atoms with Gasteiger partial charge in [-0.1, -0.05) is 13.8 Å². The van der Waals surface area contributed by atoms with Crippen LogP contribution in [-0.4, -0.2) is 23.6 Å². The first kappa shape index (κ1) is 13.4. The summed E-state index contributed by atoms with van der Waals surface area (Å²) in [5.74, 6) is 3.10. The highest BCUT2D eigenvalue weighted by Gasteiger charge is 2.13. The van der Waals surface area contributed by atoms with Gasteiger partial charge in [0.1, 0.15) is 23.7 Å². The molecule has 0 aromatic carbocycles. The van der Waals surface area contributed by atoms with Crippen molar-refractivity contribution in [2.24, 2.45) is 0 Å². The number of rotatable bonds is 6. The van der Waals surface area contributed by atoms with E-state index in [9.17, 15) is 0 Å². The minimum absolute atomic E-state index is 0.356. The van der Waals surface area contributed by atoms with E-state index in [0.717, 1.165) is 35.9 Å². The third-order valence-electron chi connectivity index (χ3n) is 2.94. The van der Waals surface area contributed by atoms with Crippen LogP contribution < -0.4 is 10.6 Å². The highest BCUT2D eigenvalue weighted by molar-refractivity contribution is 5.58. The zero-order valence-electron chi connectivity index (χ0n) is 11.6. The second-order valence-corrected chi connectivity index (χ2v) is 4.65. The van der Waals surface area contributed by atoms with Gasteiger partial charge in [0.15, 0.2) is 0 Å². The van der Waals surface area contributed by atoms with Gasteiger partial charge in [0.25, 0.3) is 0 Å². The fraction of sp³-hybridized carbons (Fsp3) is 0.429. The Morgan fingerprint density at radius 1 is 1.26 bits per heavy atom. The summed E-state index contributed by atoms with van der Waals surface area (Å²) >= 11 is 0. The summed E-state index contributed by atoms with van der Waals surface area (Å²) in [7, 11) is 1.88. The van der Waals surface area contributed by atoms with Gasteiger partial charge in [0.2, 0.25) is 0 Å². The predicted molar refractivity (Wildman–Crippen MR) is 76.6 cm³/mol. The average molecular weight is 260 g/mol. The summed E-state index contributed by atoms with van der Waals surface area (Å²) < 4.78 is 5.31. The first-order valence-electron chi connectivity index (χ1n) is 6.51. The normalized spacial score (nSPS) is 10.7. The number of anilines is 2. The summed E-state index contributed by atoms with van der Waals surface area (Å²) in [5.41, 5.74) is 1.12. The number of furan rings is 1. The molecule has 5 nitrogen and oxygen atoms in total. The molecular weight excluding hydrogens is 240 g/mol. The summed E-state index contributed by atoms with van der Waals surface area (Å²) in [6, 6.07) is 3.88. The third kappa shape index (κ3) is 3.24. The van der Waals surface area contributed by atoms with Crippen LogP contribution >= 0.6 is 0 Å². The molecule has 0 radical (unpaired) electrons. The molecule has 0 saturated carbocycles. The molecule has 19 heavy (non-hydrogen) atoms. The lowest BCUT2D eigenvalue weighted by Crippen LogP contribution is -2.11. The molecule has 0 bridgehead atoms. The van der Waals surface area contributed by atoms with Crippen LogP contribution in [0.1, 0.15) is 31.1 Å². The van der Waals surface area contributed by atoms with Crippen molar-refractivity contribution in [2.45, 2.75) is 26.2 Å². The van der Waals surface area contributed by atoms with Gasteiger partial charge in [-0.2, -0.15) is 0 Å². The lowest BCUT2D eigenvalue weighted by molar-refractivity contribution is 0.513. The highest BCUT2D eigenvalue weighted by Crippen LogP contribution is 2.27. The molecule has 2 N–H and O–H groups in total. The Morgan fingerprint density at radius 3 is 2.68 bits per heavy atom. The van der Waals surface area contributed by atoms with Crippen LogP contribution in [0.4, 0.5) is 11.6 Å². The van der Waals surface area contributed by atoms with Crippen molar-refractivity contribution in [3.8, 4) is 0 Å². The Labute approximate surface area is 113 Å². The van der Waals surface area contributed by atoms with E-state index in [1.165, 1.54) is 0 Å². The molecule has 5 heteroatoms. The monoisotopic (exact) mass is 260 g/mol. The average Bonchev–Trinajstić information content (AvgIpc) is 2.91. The number of nitrogens with zero attached hydrogens (tertiary/aromatic N) is 2. The second-order valence-electron chi connectivity index (χ2n) is 4.65. The molecule has 2 heterocycles. The fourth-order valence-electron chi connectivity index (χ4n) is 2.04. The van der Waals surface area contributed by atoms with Gasteiger partial charge >= 0.3 is 0 Å². The van der Waals surface area contributed by atoms with E-state index in [2.05, 4.69) is 34.4 Å². The summed E-state index contributed by atoms with van der Waals surface area (Å²) in [4.78, 5) is 8.59. The van der Waals surface area contributed by atoms with E-state index in [-0.39, 0.29) is 0 Å². The van der Waals surface area contributed by atoms with Gasteiger partial charge in [-0.3, -0.25) is 0 Å². The minimum Gasteiger partial charge on any atom is -0.469 e. The van der Waals surface area contributed by atoms with Crippen molar-refractivity contribution in [3.05, 3.63) is 36.0 Å². The molecule has 0 saturated heterocycles. The van der Waals surface area contributed by atoms with Crippen molar-refractivity contribution in [1.29, 1.82) is 0 Å². The van der Waals surface area contributed by atoms with Gasteiger partial charge in [-0.15, -0.1) is 0 Å². The predicted octanol–water partition coefficient (Wildman–Crippen LogP) is 2.89. The van der Waals surface area contributed by atoms with E-state index >= 15 is 0 Å². The molecular formula is C14H20N4O. The largest absolute Gasteiger partial charge is 0.469 e. The maximum atomic E-state index is 5.31. The van der Waals surface area contributed by atoms with E-state index in [4.69, 9.17) is 4.42 Å². The molecule has 0 fully saturated rings. The molecule has 0 atom stereocenters. The summed E-state index contributed by atoms with van der Waals surface area (Å²) in [5, 5.41) is 6.47. The van der Waals surface area contributed by atoms with Crippen molar-refractivity contribution >= 4 is 11.6 Å². The molecule has 2 rings (SSSR count). The number of aromatic nitrogens is 2. The second kappa shape index (κ2) is 6.22. The van der Waals surface area contributed by atoms with Crippen LogP contribution in [0.25, 0.3) is 0 Å². The van der Waals surface area contributed by atoms with Crippen LogP contribution in [0.2, 0.25) is 0 Å². The number of nitrogens with one attached hydrogen (secondary N) is 2. The molecule has 0 unspecified atom stereocenters. The quantitative estimate of drug-likeness (QED) is 0.836. The highest BCUT2D eigenvalue weighted by atomic mass is 16.3. The molecule has 2 aromatic rings. The van der Waals surface area contributed by atoms with Crippen LogP contribution in [-0.2, 0) is 6.42 Å². The van der Waals surface area contributed by atoms with Crippen LogP contribution in [0.5, 0.6) is 0 Å². The van der Waals surface area contributed by atoms with Gasteiger partial charge in [0.05, 0.1) is 6.26 Å². The molecule has 0 amide bonds. The molecule has 0 spiro atoms. The number of hydrogen-bond donors (Lipinski definition) is 2. The summed E-state index contributed by atoms with van der Waals surface area (Å²) in [6.45, 7) is 5.06. The van der Waals surface area contributed by atoms with E-state index in [1.807, 2.05) is 19.2 Å². The Kier molecular flexibility index (Phi) is 4.39. The van der Waals surface area contributed by atoms with Gasteiger partial charge in [-0.05, 0) is 18.1 Å². The van der Waals surface area contributed by atoms with Gasteiger partial charge in [-0.25, -0.2) is 9.97 Å². The standard InChI is InChI=1S/C14H20N4O/c1-10(2)12-13(15-3)17-9-18-14(12)16-7-6-11-5-4-8-19-11/h4-5,8-10H,6-7H2,1-3H3,(H2,15,16,17,18). The lowest BCUT2D eigenvalue weighted by atomic mass is 10.0. The first-order chi connectivity index (χ1) is 9.22. The first-order valence-corrected chi connectivity index (χ1v) is 6.51. The smallest absolute Gasteiger partial charge is 0.135 e. The zero-order chi connectivity index (χ0) is 13.7. The van der Waals surface area contributed by atoms with Crippen molar-refractivity contribution in [2.75, 3.05) is 24.2 Å². The summed E-state index contributed by atoms with van der Waals surface area (Å²) in [6.07, 6.45) is 4.11. The van der Waals surface area contributed by atoms with Crippen LogP contribution in [0, 0.1) is 0 Å². The Balaban J connectivity index is 2.07. The lowest BCUT2D eigenvalue weighted by Gasteiger charge is -2.16. The van der Waals surface area contributed by atoms with Gasteiger partial charge in [0, 0.05) is 25.6 Å². The fourth-order valence-corrected chi connectivity index (χ4v) is 2.04. The van der Waals surface area contributed by atoms with Gasteiger partial charge < -0.3 is 15.1 Å². The maximum Gasteiger partial charge on any atom is 0.135 e. The van der Waals surface area contributed by atoms with Crippen molar-refractivity contribution < 1.29 is 4.42 Å². The third-order valence-corrected chi connectivity index (χ3v) is 2.94. The van der Waals surface area contributed by atoms with Crippen molar-refractivity contribution in [3.63, 3.8) is 0 Å². The van der Waals surface area contributed by atoms with E-state index in [0.29, 0.717) is 5.92 Å². The molecule has 0 aliphatic carbocycles. The Hall–Kier alpha value is -2.04. The van der Waals surface area contributed by atoms with Crippen LogP contribution in [0.15, 0.2) is 29.1 Å². The maximum absolute atomic E-state index is 5.31. The SMILES string of the molecule is CNc1ncnc(NCCc2ccco2)c1C(C)C. The molecule has 0 aliphatic rings. The number of hydrogen-bond acceptors (Lipinski definition) is 5. The molecule has 2 aromatic heterocycles. The van der Waals surface area contributed by atoms with E-state index < -0.39 is 0 Å². The molecule has 0 aliphatic heterocycles. The van der Waals surface area contributed by atoms with Crippen LogP contribution in [0.3, 0.4) is 0 Å². The molecule has 102 valence electrons. The van der Waals surface area contributed by atoms with E-state index in [1.54, 1.807) is 12.6 Å².